The van der Waals surface area contributed by atoms with Gasteiger partial charge < -0.3 is 10.3 Å². The number of nitrogens with zero attached hydrogens (tertiary/aromatic N) is 1. The molecule has 0 spiro atoms. The molecule has 9 heteroatoms. The van der Waals surface area contributed by atoms with Gasteiger partial charge in [0.05, 0.1) is 9.82 Å². The first-order chi connectivity index (χ1) is 6.32. The molecule has 0 amide bonds. The predicted octanol–water partition coefficient (Wildman–Crippen LogP) is -2.91. The molecule has 1 aromatic rings. The molecule has 0 aliphatic rings. The van der Waals surface area contributed by atoms with E-state index < -0.39 is 25.6 Å². The van der Waals surface area contributed by atoms with Gasteiger partial charge in [0.1, 0.15) is 10.1 Å². The number of rotatable bonds is 2. The summed E-state index contributed by atoms with van der Waals surface area (Å²) in [4.78, 5) is 8.68. The van der Waals surface area contributed by atoms with E-state index >= 15 is 0 Å². The molecule has 76 valence electrons. The van der Waals surface area contributed by atoms with E-state index in [1.807, 2.05) is 0 Å². The van der Waals surface area contributed by atoms with E-state index in [9.17, 15) is 23.1 Å². The van der Waals surface area contributed by atoms with Gasteiger partial charge in [-0.3, -0.25) is 10.1 Å². The molecule has 1 rings (SSSR count). The number of nitro groups is 1. The maximum absolute atomic E-state index is 10.6. The Morgan fingerprint density at radius 1 is 1.33 bits per heavy atom. The summed E-state index contributed by atoms with van der Waals surface area (Å²) < 4.78 is 31.7. The zero-order chi connectivity index (χ0) is 10.9. The van der Waals surface area contributed by atoms with Crippen LogP contribution >= 0.6 is 0 Å². The molecule has 0 aliphatic carbocycles. The molecule has 0 radical (unpaired) electrons. The van der Waals surface area contributed by atoms with Gasteiger partial charge >= 0.3 is 51.4 Å². The first-order valence-corrected chi connectivity index (χ1v) is 4.73. The van der Waals surface area contributed by atoms with E-state index in [1.54, 1.807) is 0 Å². The number of non-ortho nitro benzene ring substituents is 1. The summed E-state index contributed by atoms with van der Waals surface area (Å²) in [6, 6.07) is 2.66. The number of nitrogens with two attached hydrogens (primary N) is 1. The van der Waals surface area contributed by atoms with Gasteiger partial charge in [0.15, 0.2) is 0 Å². The van der Waals surface area contributed by atoms with Gasteiger partial charge in [0, 0.05) is 17.8 Å². The number of hydrogen-bond acceptors (Lipinski definition) is 6. The molecular formula is C6H5KN2O5S. The summed E-state index contributed by atoms with van der Waals surface area (Å²) in [7, 11) is -4.77. The number of nitro benzene ring substituents is 1. The van der Waals surface area contributed by atoms with Gasteiger partial charge in [-0.15, -0.1) is 0 Å². The van der Waals surface area contributed by atoms with Gasteiger partial charge in [0.25, 0.3) is 5.69 Å². The van der Waals surface area contributed by atoms with Crippen LogP contribution in [0.4, 0.5) is 11.4 Å². The third-order valence-electron chi connectivity index (χ3n) is 1.48. The molecule has 1 aromatic carbocycles. The fraction of sp³-hybridized carbons (Fsp3) is 0. The molecule has 0 saturated heterocycles. The Balaban J connectivity index is 0.00000196. The van der Waals surface area contributed by atoms with Gasteiger partial charge in [-0.25, -0.2) is 8.42 Å². The topological polar surface area (TPSA) is 126 Å². The van der Waals surface area contributed by atoms with Crippen LogP contribution in [0.15, 0.2) is 23.1 Å². The van der Waals surface area contributed by atoms with E-state index in [1.165, 1.54) is 0 Å². The summed E-state index contributed by atoms with van der Waals surface area (Å²) in [5.74, 6) is 0. The second-order valence-corrected chi connectivity index (χ2v) is 3.78. The van der Waals surface area contributed by atoms with E-state index in [-0.39, 0.29) is 57.1 Å². The SMILES string of the molecule is Nc1ccc([N+](=O)[O-])cc1S(=O)(=O)[O-].[K+]. The zero-order valence-electron chi connectivity index (χ0n) is 7.71. The van der Waals surface area contributed by atoms with Crippen molar-refractivity contribution in [1.29, 1.82) is 0 Å². The summed E-state index contributed by atoms with van der Waals surface area (Å²) in [6.45, 7) is 0. The maximum Gasteiger partial charge on any atom is 1.00 e. The molecule has 0 unspecified atom stereocenters. The first kappa shape index (κ1) is 15.0. The largest absolute Gasteiger partial charge is 1.00 e. The minimum absolute atomic E-state index is 0. The fourth-order valence-corrected chi connectivity index (χ4v) is 1.47. The fourth-order valence-electron chi connectivity index (χ4n) is 0.853. The first-order valence-electron chi connectivity index (χ1n) is 3.32. The van der Waals surface area contributed by atoms with Gasteiger partial charge in [-0.2, -0.15) is 0 Å². The summed E-state index contributed by atoms with van der Waals surface area (Å²) >= 11 is 0. The second-order valence-electron chi connectivity index (χ2n) is 2.43. The van der Waals surface area contributed by atoms with Crippen LogP contribution in [0.2, 0.25) is 0 Å². The van der Waals surface area contributed by atoms with Crippen LogP contribution in [0.5, 0.6) is 0 Å². The van der Waals surface area contributed by atoms with Crippen LogP contribution in [0.1, 0.15) is 0 Å². The Hall–Kier alpha value is -0.0336. The molecule has 0 aromatic heterocycles. The van der Waals surface area contributed by atoms with Crippen molar-refractivity contribution >= 4 is 21.5 Å². The molecule has 0 bridgehead atoms. The van der Waals surface area contributed by atoms with Crippen molar-refractivity contribution in [1.82, 2.24) is 0 Å². The van der Waals surface area contributed by atoms with Crippen molar-refractivity contribution in [3.05, 3.63) is 28.3 Å². The van der Waals surface area contributed by atoms with Gasteiger partial charge in [-0.1, -0.05) is 0 Å². The molecular weight excluding hydrogens is 251 g/mol. The number of benzene rings is 1. The summed E-state index contributed by atoms with van der Waals surface area (Å²) in [5, 5.41) is 10.3. The molecule has 0 saturated carbocycles. The molecule has 0 heterocycles. The second kappa shape index (κ2) is 5.34. The van der Waals surface area contributed by atoms with Gasteiger partial charge in [0.2, 0.25) is 0 Å². The average Bonchev–Trinajstić information content (AvgIpc) is 2.02. The monoisotopic (exact) mass is 256 g/mol. The van der Waals surface area contributed by atoms with Crippen LogP contribution in [-0.4, -0.2) is 17.9 Å². The standard InChI is InChI=1S/C6H6N2O5S.K/c7-5-2-1-4(8(9)10)3-6(5)14(11,12)13;/h1-3H,7H2,(H,11,12,13);/q;+1/p-1. The number of anilines is 1. The predicted molar refractivity (Wildman–Crippen MR) is 45.5 cm³/mol. The summed E-state index contributed by atoms with van der Waals surface area (Å²) in [5.41, 5.74) is 4.38. The number of hydrogen-bond donors (Lipinski definition) is 1. The van der Waals surface area contributed by atoms with Crippen molar-refractivity contribution in [2.45, 2.75) is 4.90 Å². The molecule has 0 aliphatic heterocycles. The van der Waals surface area contributed by atoms with Crippen LogP contribution in [0.25, 0.3) is 0 Å². The zero-order valence-corrected chi connectivity index (χ0v) is 11.6. The third kappa shape index (κ3) is 3.79. The van der Waals surface area contributed by atoms with Crippen LogP contribution in [-0.2, 0) is 10.1 Å². The molecule has 15 heavy (non-hydrogen) atoms. The van der Waals surface area contributed by atoms with E-state index in [2.05, 4.69) is 0 Å². The smallest absolute Gasteiger partial charge is 0.744 e. The minimum atomic E-state index is -4.77. The van der Waals surface area contributed by atoms with E-state index in [4.69, 9.17) is 5.73 Å². The molecule has 0 fully saturated rings. The Kier molecular flexibility index (Phi) is 5.33. The normalized spacial score (nSPS) is 10.5. The molecule has 2 N–H and O–H groups in total. The van der Waals surface area contributed by atoms with Crippen molar-refractivity contribution in [2.75, 3.05) is 5.73 Å². The van der Waals surface area contributed by atoms with Crippen LogP contribution < -0.4 is 57.1 Å². The van der Waals surface area contributed by atoms with Crippen molar-refractivity contribution in [2.24, 2.45) is 0 Å². The Bertz CT molecular complexity index is 486. The molecule has 7 nitrogen and oxygen atoms in total. The summed E-state index contributed by atoms with van der Waals surface area (Å²) in [6.07, 6.45) is 0. The number of nitrogen functional groups attached to an aromatic ring is 1. The Morgan fingerprint density at radius 2 is 1.87 bits per heavy atom. The quantitative estimate of drug-likeness (QED) is 0.199. The van der Waals surface area contributed by atoms with Crippen LogP contribution in [0, 0.1) is 10.1 Å². The van der Waals surface area contributed by atoms with Gasteiger partial charge in [-0.05, 0) is 6.07 Å². The Morgan fingerprint density at radius 3 is 2.27 bits per heavy atom. The van der Waals surface area contributed by atoms with E-state index in [0.29, 0.717) is 6.07 Å². The van der Waals surface area contributed by atoms with Crippen molar-refractivity contribution in [3.63, 3.8) is 0 Å². The van der Waals surface area contributed by atoms with Crippen LogP contribution in [0.3, 0.4) is 0 Å². The Labute approximate surface area is 128 Å². The van der Waals surface area contributed by atoms with Crippen molar-refractivity contribution in [3.8, 4) is 0 Å². The van der Waals surface area contributed by atoms with Crippen molar-refractivity contribution < 1.29 is 69.3 Å². The molecule has 0 atom stereocenters. The van der Waals surface area contributed by atoms with E-state index in [0.717, 1.165) is 12.1 Å². The third-order valence-corrected chi connectivity index (χ3v) is 2.37. The minimum Gasteiger partial charge on any atom is -0.744 e. The maximum atomic E-state index is 10.6. The average molecular weight is 256 g/mol.